The van der Waals surface area contributed by atoms with Crippen LogP contribution in [0.2, 0.25) is 0 Å². The summed E-state index contributed by atoms with van der Waals surface area (Å²) in [5.74, 6) is -0.265. The Morgan fingerprint density at radius 2 is 1.85 bits per heavy atom. The lowest BCUT2D eigenvalue weighted by Gasteiger charge is -2.42. The van der Waals surface area contributed by atoms with Crippen molar-refractivity contribution in [2.24, 2.45) is 0 Å². The van der Waals surface area contributed by atoms with Gasteiger partial charge in [-0.25, -0.2) is 4.79 Å². The Kier molecular flexibility index (Phi) is 4.65. The van der Waals surface area contributed by atoms with Crippen molar-refractivity contribution >= 4 is 11.9 Å². The number of nitrogens with one attached hydrogen (secondary N) is 1. The van der Waals surface area contributed by atoms with Crippen molar-refractivity contribution in [2.45, 2.75) is 38.3 Å². The molecule has 0 aromatic carbocycles. The van der Waals surface area contributed by atoms with E-state index in [-0.39, 0.29) is 11.9 Å². The van der Waals surface area contributed by atoms with Crippen molar-refractivity contribution in [1.82, 2.24) is 15.1 Å². The predicted octanol–water partition coefficient (Wildman–Crippen LogP) is -0.166. The lowest BCUT2D eigenvalue weighted by Crippen LogP contribution is -2.61. The van der Waals surface area contributed by atoms with Crippen LogP contribution in [0.3, 0.4) is 0 Å². The molecule has 2 saturated heterocycles. The first-order valence-corrected chi connectivity index (χ1v) is 7.33. The first-order valence-electron chi connectivity index (χ1n) is 7.33. The standard InChI is InChI=1S/C14H25N3O3/c1-14(2,16-9-6-15-7-10-16)13(19)17-8-4-5-11(17)12(18)20-3/h11,15H,4-10H2,1-3H3. The van der Waals surface area contributed by atoms with Crippen LogP contribution >= 0.6 is 0 Å². The molecule has 2 fully saturated rings. The molecule has 1 atom stereocenters. The quantitative estimate of drug-likeness (QED) is 0.729. The topological polar surface area (TPSA) is 61.9 Å². The normalized spacial score (nSPS) is 24.8. The predicted molar refractivity (Wildman–Crippen MR) is 75.3 cm³/mol. The second-order valence-electron chi connectivity index (χ2n) is 5.98. The van der Waals surface area contributed by atoms with Crippen molar-refractivity contribution in [3.05, 3.63) is 0 Å². The first kappa shape index (κ1) is 15.3. The van der Waals surface area contributed by atoms with Crippen molar-refractivity contribution in [3.63, 3.8) is 0 Å². The molecule has 2 heterocycles. The molecule has 0 aromatic rings. The zero-order valence-electron chi connectivity index (χ0n) is 12.6. The molecule has 1 amide bonds. The molecule has 20 heavy (non-hydrogen) atoms. The third-order valence-corrected chi connectivity index (χ3v) is 4.42. The second-order valence-corrected chi connectivity index (χ2v) is 5.98. The van der Waals surface area contributed by atoms with Crippen LogP contribution in [0.1, 0.15) is 26.7 Å². The smallest absolute Gasteiger partial charge is 0.328 e. The third-order valence-electron chi connectivity index (χ3n) is 4.42. The number of methoxy groups -OCH3 is 1. The maximum Gasteiger partial charge on any atom is 0.328 e. The average Bonchev–Trinajstić information content (AvgIpc) is 2.95. The molecule has 0 aliphatic carbocycles. The fourth-order valence-electron chi connectivity index (χ4n) is 3.10. The summed E-state index contributed by atoms with van der Waals surface area (Å²) in [5.41, 5.74) is -0.571. The van der Waals surface area contributed by atoms with Crippen LogP contribution in [0, 0.1) is 0 Å². The van der Waals surface area contributed by atoms with E-state index in [1.54, 1.807) is 4.90 Å². The van der Waals surface area contributed by atoms with Crippen LogP contribution in [0.4, 0.5) is 0 Å². The average molecular weight is 283 g/mol. The highest BCUT2D eigenvalue weighted by Crippen LogP contribution is 2.25. The van der Waals surface area contributed by atoms with Gasteiger partial charge in [0, 0.05) is 32.7 Å². The molecule has 1 N–H and O–H groups in total. The number of nitrogens with zero attached hydrogens (tertiary/aromatic N) is 2. The number of hydrogen-bond acceptors (Lipinski definition) is 5. The van der Waals surface area contributed by atoms with Crippen LogP contribution in [0.5, 0.6) is 0 Å². The van der Waals surface area contributed by atoms with Gasteiger partial charge in [0.15, 0.2) is 0 Å². The highest BCUT2D eigenvalue weighted by Gasteiger charge is 2.44. The summed E-state index contributed by atoms with van der Waals surface area (Å²) in [6.07, 6.45) is 1.57. The number of carbonyl (C=O) groups excluding carboxylic acids is 2. The molecule has 2 aliphatic rings. The van der Waals surface area contributed by atoms with E-state index in [9.17, 15) is 9.59 Å². The molecule has 114 valence electrons. The highest BCUT2D eigenvalue weighted by atomic mass is 16.5. The SMILES string of the molecule is COC(=O)C1CCCN1C(=O)C(C)(C)N1CCNCC1. The molecule has 6 nitrogen and oxygen atoms in total. The molecule has 2 rings (SSSR count). The Hall–Kier alpha value is -1.14. The van der Waals surface area contributed by atoms with Crippen LogP contribution < -0.4 is 5.32 Å². The van der Waals surface area contributed by atoms with Crippen molar-refractivity contribution in [3.8, 4) is 0 Å². The number of ether oxygens (including phenoxy) is 1. The van der Waals surface area contributed by atoms with E-state index in [1.165, 1.54) is 7.11 Å². The summed E-state index contributed by atoms with van der Waals surface area (Å²) in [6, 6.07) is -0.408. The largest absolute Gasteiger partial charge is 0.467 e. The molecule has 0 radical (unpaired) electrons. The summed E-state index contributed by atoms with van der Waals surface area (Å²) < 4.78 is 4.82. The maximum absolute atomic E-state index is 12.9. The van der Waals surface area contributed by atoms with Gasteiger partial charge in [0.2, 0.25) is 5.91 Å². The molecule has 1 unspecified atom stereocenters. The summed E-state index contributed by atoms with van der Waals surface area (Å²) in [4.78, 5) is 28.5. The molecular formula is C14H25N3O3. The van der Waals surface area contributed by atoms with Crippen LogP contribution in [-0.4, -0.2) is 73.1 Å². The summed E-state index contributed by atoms with van der Waals surface area (Å²) in [7, 11) is 1.38. The monoisotopic (exact) mass is 283 g/mol. The van der Waals surface area contributed by atoms with Gasteiger partial charge < -0.3 is 15.0 Å². The molecule has 0 bridgehead atoms. The van der Waals surface area contributed by atoms with Gasteiger partial charge >= 0.3 is 5.97 Å². The number of piperazine rings is 1. The number of esters is 1. The second kappa shape index (κ2) is 6.10. The van der Waals surface area contributed by atoms with Crippen molar-refractivity contribution < 1.29 is 14.3 Å². The van der Waals surface area contributed by atoms with E-state index in [0.717, 1.165) is 32.6 Å². The number of likely N-dealkylation sites (tertiary alicyclic amines) is 1. The Morgan fingerprint density at radius 1 is 1.20 bits per heavy atom. The summed E-state index contributed by atoms with van der Waals surface area (Å²) in [6.45, 7) is 8.06. The number of rotatable bonds is 3. The third kappa shape index (κ3) is 2.81. The van der Waals surface area contributed by atoms with Gasteiger partial charge in [0.1, 0.15) is 6.04 Å². The molecular weight excluding hydrogens is 258 g/mol. The molecule has 0 spiro atoms. The van der Waals surface area contributed by atoms with Crippen LogP contribution in [0.25, 0.3) is 0 Å². The zero-order valence-corrected chi connectivity index (χ0v) is 12.6. The lowest BCUT2D eigenvalue weighted by atomic mass is 9.99. The van der Waals surface area contributed by atoms with Gasteiger partial charge in [-0.1, -0.05) is 0 Å². The minimum absolute atomic E-state index is 0.0345. The highest BCUT2D eigenvalue weighted by molar-refractivity contribution is 5.90. The van der Waals surface area contributed by atoms with E-state index in [4.69, 9.17) is 4.74 Å². The number of hydrogen-bond donors (Lipinski definition) is 1. The Morgan fingerprint density at radius 3 is 2.45 bits per heavy atom. The van der Waals surface area contributed by atoms with Gasteiger partial charge in [0.25, 0.3) is 0 Å². The first-order chi connectivity index (χ1) is 9.48. The fraction of sp³-hybridized carbons (Fsp3) is 0.857. The van der Waals surface area contributed by atoms with Gasteiger partial charge in [-0.2, -0.15) is 0 Å². The van der Waals surface area contributed by atoms with Crippen molar-refractivity contribution in [1.29, 1.82) is 0 Å². The van der Waals surface area contributed by atoms with E-state index in [1.807, 2.05) is 13.8 Å². The molecule has 2 aliphatic heterocycles. The van der Waals surface area contributed by atoms with Crippen LogP contribution in [-0.2, 0) is 14.3 Å². The Bertz CT molecular complexity index is 378. The maximum atomic E-state index is 12.9. The molecule has 0 saturated carbocycles. The summed E-state index contributed by atoms with van der Waals surface area (Å²) in [5, 5.41) is 3.29. The minimum Gasteiger partial charge on any atom is -0.467 e. The Labute approximate surface area is 120 Å². The fourth-order valence-corrected chi connectivity index (χ4v) is 3.10. The van der Waals surface area contributed by atoms with E-state index in [0.29, 0.717) is 13.0 Å². The van der Waals surface area contributed by atoms with Gasteiger partial charge in [-0.3, -0.25) is 9.69 Å². The zero-order chi connectivity index (χ0) is 14.8. The number of carbonyl (C=O) groups is 2. The van der Waals surface area contributed by atoms with Crippen molar-refractivity contribution in [2.75, 3.05) is 39.8 Å². The number of amides is 1. The summed E-state index contributed by atoms with van der Waals surface area (Å²) >= 11 is 0. The van der Waals surface area contributed by atoms with E-state index >= 15 is 0 Å². The lowest BCUT2D eigenvalue weighted by molar-refractivity contribution is -0.155. The Balaban J connectivity index is 2.10. The molecule has 6 heteroatoms. The van der Waals surface area contributed by atoms with E-state index in [2.05, 4.69) is 10.2 Å². The van der Waals surface area contributed by atoms with Gasteiger partial charge in [-0.05, 0) is 26.7 Å². The molecule has 0 aromatic heterocycles. The van der Waals surface area contributed by atoms with E-state index < -0.39 is 11.6 Å². The van der Waals surface area contributed by atoms with Gasteiger partial charge in [-0.15, -0.1) is 0 Å². The van der Waals surface area contributed by atoms with Crippen LogP contribution in [0.15, 0.2) is 0 Å². The van der Waals surface area contributed by atoms with Gasteiger partial charge in [0.05, 0.1) is 12.6 Å². The minimum atomic E-state index is -0.571.